The summed E-state index contributed by atoms with van der Waals surface area (Å²) in [4.78, 5) is 3.83. The van der Waals surface area contributed by atoms with E-state index in [1.165, 1.54) is 0 Å². The minimum Gasteiger partial charge on any atom is -0.326 e. The number of rotatable bonds is 2. The molecule has 0 aliphatic heterocycles. The van der Waals surface area contributed by atoms with Crippen molar-refractivity contribution in [2.75, 3.05) is 0 Å². The van der Waals surface area contributed by atoms with Gasteiger partial charge in [0, 0.05) is 22.8 Å². The lowest BCUT2D eigenvalue weighted by atomic mass is 10.2. The van der Waals surface area contributed by atoms with Crippen molar-refractivity contribution in [3.8, 4) is 0 Å². The Morgan fingerprint density at radius 1 is 1.62 bits per heavy atom. The summed E-state index contributed by atoms with van der Waals surface area (Å²) in [6, 6.07) is 0. The molecule has 0 saturated carbocycles. The molecule has 0 amide bonds. The van der Waals surface area contributed by atoms with E-state index in [0.29, 0.717) is 13.7 Å². The normalized spacial score (nSPS) is 10.9. The molecule has 0 fully saturated rings. The molecule has 1 aromatic heterocycles. The second-order valence-electron chi connectivity index (χ2n) is 2.30. The van der Waals surface area contributed by atoms with Crippen molar-refractivity contribution in [1.29, 1.82) is 0 Å². The molecule has 2 N–H and O–H groups in total. The van der Waals surface area contributed by atoms with Crippen LogP contribution in [0.3, 0.4) is 0 Å². The molecule has 0 bridgehead atoms. The van der Waals surface area contributed by atoms with Crippen LogP contribution < -0.4 is 5.73 Å². The predicted octanol–water partition coefficient (Wildman–Crippen LogP) is 2.85. The first-order valence-corrected chi connectivity index (χ1v) is 5.26. The third-order valence-electron chi connectivity index (χ3n) is 1.52. The number of alkyl halides is 2. The van der Waals surface area contributed by atoms with Crippen molar-refractivity contribution in [2.24, 2.45) is 5.73 Å². The third kappa shape index (κ3) is 2.35. The van der Waals surface area contributed by atoms with Gasteiger partial charge >= 0.3 is 0 Å². The van der Waals surface area contributed by atoms with Crippen LogP contribution in [0.15, 0.2) is 10.7 Å². The van der Waals surface area contributed by atoms with Gasteiger partial charge in [0.1, 0.15) is 3.70 Å². The number of halogens is 4. The maximum absolute atomic E-state index is 12.4. The fraction of sp³-hybridized carbons (Fsp3) is 0.286. The SMILES string of the molecule is NCc1c(I)ncc(C(F)F)c1Br. The third-order valence-corrected chi connectivity index (χ3v) is 3.39. The Hall–Kier alpha value is 0.180. The molecule has 1 rings (SSSR count). The zero-order valence-electron chi connectivity index (χ0n) is 6.40. The number of hydrogen-bond acceptors (Lipinski definition) is 2. The van der Waals surface area contributed by atoms with Crippen molar-refractivity contribution < 1.29 is 8.78 Å². The molecule has 0 aliphatic carbocycles. The highest BCUT2D eigenvalue weighted by molar-refractivity contribution is 14.1. The molecule has 0 aliphatic rings. The fourth-order valence-electron chi connectivity index (χ4n) is 0.852. The van der Waals surface area contributed by atoms with Crippen LogP contribution in [0, 0.1) is 3.70 Å². The van der Waals surface area contributed by atoms with Crippen LogP contribution in [-0.2, 0) is 6.54 Å². The van der Waals surface area contributed by atoms with Gasteiger partial charge in [-0.3, -0.25) is 0 Å². The van der Waals surface area contributed by atoms with E-state index in [2.05, 4.69) is 20.9 Å². The molecule has 6 heteroatoms. The van der Waals surface area contributed by atoms with Gasteiger partial charge < -0.3 is 5.73 Å². The molecule has 13 heavy (non-hydrogen) atoms. The molecule has 72 valence electrons. The van der Waals surface area contributed by atoms with Gasteiger partial charge in [0.05, 0.1) is 5.56 Å². The van der Waals surface area contributed by atoms with Crippen molar-refractivity contribution in [1.82, 2.24) is 4.98 Å². The molecule has 0 saturated heterocycles. The number of nitrogens with two attached hydrogens (primary N) is 1. The summed E-state index contributed by atoms with van der Waals surface area (Å²) in [7, 11) is 0. The molecule has 0 unspecified atom stereocenters. The molecule has 0 aromatic carbocycles. The molecular weight excluding hydrogens is 357 g/mol. The predicted molar refractivity (Wildman–Crippen MR) is 57.5 cm³/mol. The van der Waals surface area contributed by atoms with Crippen LogP contribution in [0.2, 0.25) is 0 Å². The number of pyridine rings is 1. The fourth-order valence-corrected chi connectivity index (χ4v) is 2.48. The highest BCUT2D eigenvalue weighted by Crippen LogP contribution is 2.30. The van der Waals surface area contributed by atoms with Gasteiger partial charge in [-0.25, -0.2) is 13.8 Å². The Morgan fingerprint density at radius 2 is 2.23 bits per heavy atom. The summed E-state index contributed by atoms with van der Waals surface area (Å²) in [6.07, 6.45) is -1.36. The maximum atomic E-state index is 12.4. The lowest BCUT2D eigenvalue weighted by Gasteiger charge is -2.08. The summed E-state index contributed by atoms with van der Waals surface area (Å²) in [5, 5.41) is 0. The van der Waals surface area contributed by atoms with Gasteiger partial charge in [0.15, 0.2) is 0 Å². The van der Waals surface area contributed by atoms with E-state index < -0.39 is 6.43 Å². The molecule has 0 spiro atoms. The van der Waals surface area contributed by atoms with E-state index in [1.807, 2.05) is 22.6 Å². The van der Waals surface area contributed by atoms with Gasteiger partial charge in [-0.05, 0) is 38.5 Å². The van der Waals surface area contributed by atoms with Crippen LogP contribution in [0.4, 0.5) is 8.78 Å². The minimum absolute atomic E-state index is 0.110. The zero-order valence-corrected chi connectivity index (χ0v) is 10.1. The number of nitrogens with zero attached hydrogens (tertiary/aromatic N) is 1. The standard InChI is InChI=1S/C7H6BrF2IN2/c8-5-3(1-12)7(11)13-2-4(5)6(9)10/h2,6H,1,12H2. The Morgan fingerprint density at radius 3 is 2.69 bits per heavy atom. The summed E-state index contributed by atoms with van der Waals surface area (Å²) < 4.78 is 25.7. The number of hydrogen-bond donors (Lipinski definition) is 1. The summed E-state index contributed by atoms with van der Waals surface area (Å²) in [5.41, 5.74) is 5.91. The molecule has 0 radical (unpaired) electrons. The first-order chi connectivity index (χ1) is 6.07. The Bertz CT molecular complexity index is 320. The van der Waals surface area contributed by atoms with Crippen molar-refractivity contribution in [2.45, 2.75) is 13.0 Å². The van der Waals surface area contributed by atoms with E-state index in [4.69, 9.17) is 5.73 Å². The highest BCUT2D eigenvalue weighted by Gasteiger charge is 2.16. The topological polar surface area (TPSA) is 38.9 Å². The van der Waals surface area contributed by atoms with Crippen molar-refractivity contribution in [3.63, 3.8) is 0 Å². The van der Waals surface area contributed by atoms with E-state index in [-0.39, 0.29) is 12.1 Å². The first-order valence-electron chi connectivity index (χ1n) is 3.39. The summed E-state index contributed by atoms with van der Waals surface area (Å²) in [5.74, 6) is 0. The quantitative estimate of drug-likeness (QED) is 0.649. The second-order valence-corrected chi connectivity index (χ2v) is 4.12. The van der Waals surface area contributed by atoms with E-state index in [1.54, 1.807) is 0 Å². The minimum atomic E-state index is -2.52. The Kier molecular flexibility index (Phi) is 3.99. The summed E-state index contributed by atoms with van der Waals surface area (Å²) in [6.45, 7) is 0.201. The second kappa shape index (κ2) is 4.61. The van der Waals surface area contributed by atoms with Crippen LogP contribution in [0.5, 0.6) is 0 Å². The lowest BCUT2D eigenvalue weighted by molar-refractivity contribution is 0.150. The van der Waals surface area contributed by atoms with Gasteiger partial charge in [0.2, 0.25) is 0 Å². The van der Waals surface area contributed by atoms with Crippen LogP contribution >= 0.6 is 38.5 Å². The molecule has 0 atom stereocenters. The van der Waals surface area contributed by atoms with Crippen molar-refractivity contribution >= 4 is 38.5 Å². The average molecular weight is 363 g/mol. The average Bonchev–Trinajstić information content (AvgIpc) is 2.04. The maximum Gasteiger partial charge on any atom is 0.266 e. The number of aromatic nitrogens is 1. The van der Waals surface area contributed by atoms with E-state index in [0.717, 1.165) is 6.20 Å². The van der Waals surface area contributed by atoms with Gasteiger partial charge in [-0.1, -0.05) is 0 Å². The van der Waals surface area contributed by atoms with Crippen molar-refractivity contribution in [3.05, 3.63) is 25.5 Å². The van der Waals surface area contributed by atoms with Crippen LogP contribution in [0.25, 0.3) is 0 Å². The smallest absolute Gasteiger partial charge is 0.266 e. The first kappa shape index (κ1) is 11.3. The van der Waals surface area contributed by atoms with Gasteiger partial charge in [0.25, 0.3) is 6.43 Å². The van der Waals surface area contributed by atoms with Gasteiger partial charge in [-0.2, -0.15) is 0 Å². The molecule has 1 aromatic rings. The van der Waals surface area contributed by atoms with Gasteiger partial charge in [-0.15, -0.1) is 0 Å². The lowest BCUT2D eigenvalue weighted by Crippen LogP contribution is -2.04. The zero-order chi connectivity index (χ0) is 10.0. The molecular formula is C7H6BrF2IN2. The largest absolute Gasteiger partial charge is 0.326 e. The van der Waals surface area contributed by atoms with Crippen LogP contribution in [-0.4, -0.2) is 4.98 Å². The Balaban J connectivity index is 3.27. The van der Waals surface area contributed by atoms with E-state index in [9.17, 15) is 8.78 Å². The van der Waals surface area contributed by atoms with E-state index >= 15 is 0 Å². The highest BCUT2D eigenvalue weighted by atomic mass is 127. The summed E-state index contributed by atoms with van der Waals surface area (Å²) >= 11 is 5.05. The molecule has 2 nitrogen and oxygen atoms in total. The monoisotopic (exact) mass is 362 g/mol. The Labute approximate surface area is 96.2 Å². The molecule has 1 heterocycles. The van der Waals surface area contributed by atoms with Crippen LogP contribution in [0.1, 0.15) is 17.6 Å².